The third-order valence-electron chi connectivity index (χ3n) is 3.39. The highest BCUT2D eigenvalue weighted by atomic mass is 79.9. The molecule has 2 N–H and O–H groups in total. The van der Waals surface area contributed by atoms with Gasteiger partial charge in [0, 0.05) is 16.7 Å². The van der Waals surface area contributed by atoms with Crippen molar-refractivity contribution in [2.45, 2.75) is 50.4 Å². The number of hydrogen-bond donors (Lipinski definition) is 1. The largest absolute Gasteiger partial charge is 0.472 e. The van der Waals surface area contributed by atoms with Gasteiger partial charge in [-0.25, -0.2) is 4.98 Å². The third kappa shape index (κ3) is 3.85. The zero-order chi connectivity index (χ0) is 14.8. The van der Waals surface area contributed by atoms with Gasteiger partial charge in [0.1, 0.15) is 11.7 Å². The normalized spacial score (nSPS) is 24.2. The topological polar surface area (TPSA) is 48.1 Å². The van der Waals surface area contributed by atoms with E-state index in [-0.39, 0.29) is 16.4 Å². The Morgan fingerprint density at radius 1 is 1.25 bits per heavy atom. The molecule has 112 valence electrons. The highest BCUT2D eigenvalue weighted by Crippen LogP contribution is 2.37. The fraction of sp³-hybridized carbons (Fsp3) is 0.615. The second-order valence-electron chi connectivity index (χ2n) is 4.96. The van der Waals surface area contributed by atoms with Gasteiger partial charge in [0.05, 0.1) is 0 Å². The van der Waals surface area contributed by atoms with Crippen molar-refractivity contribution < 1.29 is 17.9 Å². The molecular weight excluding hydrogens is 337 g/mol. The minimum atomic E-state index is -4.50. The number of nitrogens with two attached hydrogens (primary N) is 1. The van der Waals surface area contributed by atoms with Gasteiger partial charge in [0.15, 0.2) is 0 Å². The van der Waals surface area contributed by atoms with Crippen LogP contribution in [0.2, 0.25) is 0 Å². The zero-order valence-corrected chi connectivity index (χ0v) is 12.4. The van der Waals surface area contributed by atoms with E-state index in [2.05, 4.69) is 20.9 Å². The van der Waals surface area contributed by atoms with E-state index in [1.165, 1.54) is 6.20 Å². The maximum Gasteiger partial charge on any atom is 0.421 e. The van der Waals surface area contributed by atoms with E-state index in [0.29, 0.717) is 6.42 Å². The molecule has 2 rings (SSSR count). The summed E-state index contributed by atoms with van der Waals surface area (Å²) in [6.45, 7) is 0. The highest BCUT2D eigenvalue weighted by molar-refractivity contribution is 9.10. The van der Waals surface area contributed by atoms with Crippen molar-refractivity contribution in [1.29, 1.82) is 0 Å². The van der Waals surface area contributed by atoms with Gasteiger partial charge < -0.3 is 10.5 Å². The molecule has 0 aromatic carbocycles. The Morgan fingerprint density at radius 2 is 1.95 bits per heavy atom. The van der Waals surface area contributed by atoms with Gasteiger partial charge in [0.2, 0.25) is 5.88 Å². The van der Waals surface area contributed by atoms with Crippen LogP contribution in [-0.4, -0.2) is 17.1 Å². The predicted molar refractivity (Wildman–Crippen MR) is 72.4 cm³/mol. The van der Waals surface area contributed by atoms with Crippen molar-refractivity contribution in [3.8, 4) is 5.88 Å². The van der Waals surface area contributed by atoms with Gasteiger partial charge in [-0.2, -0.15) is 13.2 Å². The van der Waals surface area contributed by atoms with Crippen molar-refractivity contribution >= 4 is 15.9 Å². The molecule has 0 aliphatic heterocycles. The minimum Gasteiger partial charge on any atom is -0.472 e. The van der Waals surface area contributed by atoms with Gasteiger partial charge in [-0.1, -0.05) is 12.8 Å². The SMILES string of the molecule is NC1CCCCCC1Oc1ncc(Br)cc1C(F)(F)F. The fourth-order valence-electron chi connectivity index (χ4n) is 2.32. The molecule has 2 atom stereocenters. The number of pyridine rings is 1. The molecule has 3 nitrogen and oxygen atoms in total. The number of aromatic nitrogens is 1. The molecule has 1 aliphatic rings. The van der Waals surface area contributed by atoms with Crippen LogP contribution in [0.5, 0.6) is 5.88 Å². The lowest BCUT2D eigenvalue weighted by molar-refractivity contribution is -0.139. The highest BCUT2D eigenvalue weighted by Gasteiger charge is 2.37. The smallest absolute Gasteiger partial charge is 0.421 e. The first-order valence-electron chi connectivity index (χ1n) is 6.53. The average molecular weight is 353 g/mol. The number of alkyl halides is 3. The quantitative estimate of drug-likeness (QED) is 0.821. The summed E-state index contributed by atoms with van der Waals surface area (Å²) in [5, 5.41) is 0. The van der Waals surface area contributed by atoms with Crippen LogP contribution in [0.1, 0.15) is 37.7 Å². The Labute approximate surface area is 123 Å². The number of rotatable bonds is 2. The first-order chi connectivity index (χ1) is 9.38. The van der Waals surface area contributed by atoms with E-state index in [4.69, 9.17) is 10.5 Å². The lowest BCUT2D eigenvalue weighted by Gasteiger charge is -2.24. The second-order valence-corrected chi connectivity index (χ2v) is 5.88. The summed E-state index contributed by atoms with van der Waals surface area (Å²) < 4.78 is 44.7. The number of hydrogen-bond acceptors (Lipinski definition) is 3. The Balaban J connectivity index is 2.24. The molecule has 7 heteroatoms. The number of halogens is 4. The van der Waals surface area contributed by atoms with Crippen molar-refractivity contribution in [2.75, 3.05) is 0 Å². The molecule has 20 heavy (non-hydrogen) atoms. The Hall–Kier alpha value is -0.820. The second kappa shape index (κ2) is 6.30. The summed E-state index contributed by atoms with van der Waals surface area (Å²) in [6.07, 6.45) is 0.754. The molecule has 0 saturated heterocycles. The summed E-state index contributed by atoms with van der Waals surface area (Å²) in [7, 11) is 0. The van der Waals surface area contributed by atoms with Crippen LogP contribution in [0.3, 0.4) is 0 Å². The lowest BCUT2D eigenvalue weighted by atomic mass is 10.1. The molecule has 0 radical (unpaired) electrons. The molecule has 1 aliphatic carbocycles. The van der Waals surface area contributed by atoms with E-state index in [1.807, 2.05) is 0 Å². The maximum absolute atomic E-state index is 13.0. The maximum atomic E-state index is 13.0. The summed E-state index contributed by atoms with van der Waals surface area (Å²) in [5.41, 5.74) is 5.10. The Kier molecular flexibility index (Phi) is 4.90. The van der Waals surface area contributed by atoms with Gasteiger partial charge in [-0.3, -0.25) is 0 Å². The van der Waals surface area contributed by atoms with Crippen LogP contribution in [0, 0.1) is 0 Å². The first kappa shape index (κ1) is 15.6. The van der Waals surface area contributed by atoms with Crippen LogP contribution in [-0.2, 0) is 6.18 Å². The molecule has 1 heterocycles. The summed E-state index contributed by atoms with van der Waals surface area (Å²) in [4.78, 5) is 3.76. The standard InChI is InChI=1S/C13H16BrF3N2O/c14-8-6-9(13(15,16)17)12(19-7-8)20-11-5-3-1-2-4-10(11)18/h6-7,10-11H,1-5,18H2. The molecule has 0 amide bonds. The molecule has 0 spiro atoms. The van der Waals surface area contributed by atoms with Gasteiger partial charge >= 0.3 is 6.18 Å². The molecule has 1 saturated carbocycles. The van der Waals surface area contributed by atoms with E-state index in [9.17, 15) is 13.2 Å². The van der Waals surface area contributed by atoms with E-state index >= 15 is 0 Å². The molecule has 1 fully saturated rings. The van der Waals surface area contributed by atoms with Crippen molar-refractivity contribution in [3.63, 3.8) is 0 Å². The number of ether oxygens (including phenoxy) is 1. The van der Waals surface area contributed by atoms with E-state index in [0.717, 1.165) is 31.7 Å². The first-order valence-corrected chi connectivity index (χ1v) is 7.32. The van der Waals surface area contributed by atoms with Crippen LogP contribution in [0.4, 0.5) is 13.2 Å². The van der Waals surface area contributed by atoms with Crippen molar-refractivity contribution in [3.05, 3.63) is 22.3 Å². The monoisotopic (exact) mass is 352 g/mol. The van der Waals surface area contributed by atoms with Crippen LogP contribution < -0.4 is 10.5 Å². The zero-order valence-electron chi connectivity index (χ0n) is 10.8. The lowest BCUT2D eigenvalue weighted by Crippen LogP contribution is -2.38. The van der Waals surface area contributed by atoms with Crippen LogP contribution in [0.15, 0.2) is 16.7 Å². The minimum absolute atomic E-state index is 0.246. The van der Waals surface area contributed by atoms with Crippen molar-refractivity contribution in [1.82, 2.24) is 4.98 Å². The summed E-state index contributed by atoms with van der Waals surface area (Å²) in [6, 6.07) is 0.730. The van der Waals surface area contributed by atoms with Gasteiger partial charge in [-0.15, -0.1) is 0 Å². The van der Waals surface area contributed by atoms with Crippen LogP contribution >= 0.6 is 15.9 Å². The van der Waals surface area contributed by atoms with Crippen molar-refractivity contribution in [2.24, 2.45) is 5.73 Å². The van der Waals surface area contributed by atoms with Gasteiger partial charge in [-0.05, 0) is 41.3 Å². The molecule has 1 aromatic heterocycles. The summed E-state index contributed by atoms with van der Waals surface area (Å²) >= 11 is 3.00. The third-order valence-corrected chi connectivity index (χ3v) is 3.82. The van der Waals surface area contributed by atoms with Crippen LogP contribution in [0.25, 0.3) is 0 Å². The molecule has 1 aromatic rings. The summed E-state index contributed by atoms with van der Waals surface area (Å²) in [5.74, 6) is -0.386. The Morgan fingerprint density at radius 3 is 2.65 bits per heavy atom. The molecule has 0 bridgehead atoms. The van der Waals surface area contributed by atoms with E-state index in [1.54, 1.807) is 0 Å². The molecule has 2 unspecified atom stereocenters. The average Bonchev–Trinajstić information content (AvgIpc) is 2.56. The number of nitrogens with zero attached hydrogens (tertiary/aromatic N) is 1. The van der Waals surface area contributed by atoms with E-state index < -0.39 is 17.8 Å². The fourth-order valence-corrected chi connectivity index (χ4v) is 2.65. The van der Waals surface area contributed by atoms with Gasteiger partial charge in [0.25, 0.3) is 0 Å². The predicted octanol–water partition coefficient (Wildman–Crippen LogP) is 3.90. The molecular formula is C13H16BrF3N2O. The Bertz CT molecular complexity index is 467.